The smallest absolute Gasteiger partial charge is 0.282 e. The second-order valence-electron chi connectivity index (χ2n) is 3.70. The molecule has 6 nitrogen and oxygen atoms in total. The molecule has 0 aliphatic rings. The van der Waals surface area contributed by atoms with Crippen molar-refractivity contribution in [3.8, 4) is 6.07 Å². The minimum Gasteiger partial charge on any atom is -0.325 e. The maximum absolute atomic E-state index is 12.2. The Balaban J connectivity index is 3.28. The summed E-state index contributed by atoms with van der Waals surface area (Å²) in [6.07, 6.45) is 0. The molecule has 1 rings (SSSR count). The summed E-state index contributed by atoms with van der Waals surface area (Å²) < 4.78 is 0. The van der Waals surface area contributed by atoms with Crippen molar-refractivity contribution in [3.05, 3.63) is 39.4 Å². The Hall–Kier alpha value is -2.42. The first-order chi connectivity index (χ1) is 8.52. The van der Waals surface area contributed by atoms with E-state index in [9.17, 15) is 14.9 Å². The molecule has 0 saturated heterocycles. The first-order valence-corrected chi connectivity index (χ1v) is 5.43. The Morgan fingerprint density at radius 1 is 1.56 bits per heavy atom. The van der Waals surface area contributed by atoms with Gasteiger partial charge in [-0.15, -0.1) is 0 Å². The zero-order valence-corrected chi connectivity index (χ0v) is 10.2. The number of hydrogen-bond donors (Lipinski definition) is 0. The van der Waals surface area contributed by atoms with Crippen molar-refractivity contribution in [2.45, 2.75) is 13.8 Å². The lowest BCUT2D eigenvalue weighted by Gasteiger charge is -2.18. The van der Waals surface area contributed by atoms with E-state index in [2.05, 4.69) is 0 Å². The molecule has 0 N–H and O–H groups in total. The van der Waals surface area contributed by atoms with E-state index in [0.717, 1.165) is 0 Å². The van der Waals surface area contributed by atoms with Gasteiger partial charge in [0.2, 0.25) is 0 Å². The highest BCUT2D eigenvalue weighted by Crippen LogP contribution is 2.23. The number of aryl methyl sites for hydroxylation is 1. The fourth-order valence-electron chi connectivity index (χ4n) is 1.65. The largest absolute Gasteiger partial charge is 0.325 e. The average molecular weight is 247 g/mol. The van der Waals surface area contributed by atoms with Crippen molar-refractivity contribution in [1.29, 1.82) is 5.26 Å². The molecule has 0 fully saturated rings. The van der Waals surface area contributed by atoms with E-state index in [1.54, 1.807) is 19.9 Å². The summed E-state index contributed by atoms with van der Waals surface area (Å²) in [6.45, 7) is 3.61. The first kappa shape index (κ1) is 13.6. The van der Waals surface area contributed by atoms with Crippen molar-refractivity contribution >= 4 is 11.6 Å². The second-order valence-corrected chi connectivity index (χ2v) is 3.70. The highest BCUT2D eigenvalue weighted by Gasteiger charge is 2.25. The fraction of sp³-hybridized carbons (Fsp3) is 0.333. The van der Waals surface area contributed by atoms with Crippen LogP contribution in [0.3, 0.4) is 0 Å². The van der Waals surface area contributed by atoms with Gasteiger partial charge >= 0.3 is 0 Å². The molecule has 0 heterocycles. The van der Waals surface area contributed by atoms with Crippen molar-refractivity contribution in [2.24, 2.45) is 0 Å². The number of nitro benzene ring substituents is 1. The van der Waals surface area contributed by atoms with E-state index in [1.807, 2.05) is 6.07 Å². The SMILES string of the molecule is CCN(CC#N)C(=O)c1c(C)cccc1[N+](=O)[O-]. The monoisotopic (exact) mass is 247 g/mol. The zero-order chi connectivity index (χ0) is 13.7. The minimum atomic E-state index is -0.583. The predicted octanol–water partition coefficient (Wildman–Crippen LogP) is 1.89. The number of nitrogens with zero attached hydrogens (tertiary/aromatic N) is 3. The summed E-state index contributed by atoms with van der Waals surface area (Å²) in [5, 5.41) is 19.6. The number of nitriles is 1. The summed E-state index contributed by atoms with van der Waals surface area (Å²) in [5.74, 6) is -0.483. The van der Waals surface area contributed by atoms with Crippen LogP contribution >= 0.6 is 0 Å². The summed E-state index contributed by atoms with van der Waals surface area (Å²) in [4.78, 5) is 23.8. The lowest BCUT2D eigenvalue weighted by Crippen LogP contribution is -2.32. The Morgan fingerprint density at radius 3 is 2.72 bits per heavy atom. The maximum atomic E-state index is 12.2. The van der Waals surface area contributed by atoms with Crippen molar-refractivity contribution < 1.29 is 9.72 Å². The van der Waals surface area contributed by atoms with Crippen LogP contribution in [-0.4, -0.2) is 28.8 Å². The predicted molar refractivity (Wildman–Crippen MR) is 65.0 cm³/mol. The Bertz CT molecular complexity index is 520. The molecule has 0 aliphatic heterocycles. The third-order valence-electron chi connectivity index (χ3n) is 2.59. The van der Waals surface area contributed by atoms with Gasteiger partial charge in [-0.1, -0.05) is 12.1 Å². The molecule has 18 heavy (non-hydrogen) atoms. The number of hydrogen-bond acceptors (Lipinski definition) is 4. The first-order valence-electron chi connectivity index (χ1n) is 5.43. The van der Waals surface area contributed by atoms with E-state index in [1.165, 1.54) is 17.0 Å². The molecule has 1 aromatic carbocycles. The lowest BCUT2D eigenvalue weighted by molar-refractivity contribution is -0.385. The van der Waals surface area contributed by atoms with Gasteiger partial charge in [-0.3, -0.25) is 14.9 Å². The Kier molecular flexibility index (Phi) is 4.38. The molecule has 0 unspecified atom stereocenters. The molecule has 0 bridgehead atoms. The second kappa shape index (κ2) is 5.77. The van der Waals surface area contributed by atoms with E-state index in [-0.39, 0.29) is 17.8 Å². The molecule has 0 radical (unpaired) electrons. The van der Waals surface area contributed by atoms with Gasteiger partial charge in [0.1, 0.15) is 12.1 Å². The van der Waals surface area contributed by atoms with Crippen molar-refractivity contribution in [3.63, 3.8) is 0 Å². The molecule has 0 atom stereocenters. The number of amides is 1. The van der Waals surface area contributed by atoms with Gasteiger partial charge in [-0.2, -0.15) is 5.26 Å². The van der Waals surface area contributed by atoms with Gasteiger partial charge in [0.15, 0.2) is 0 Å². The van der Waals surface area contributed by atoms with Gasteiger partial charge < -0.3 is 4.90 Å². The van der Waals surface area contributed by atoms with E-state index in [0.29, 0.717) is 12.1 Å². The van der Waals surface area contributed by atoms with Gasteiger partial charge in [0, 0.05) is 12.6 Å². The molecular weight excluding hydrogens is 234 g/mol. The van der Waals surface area contributed by atoms with Crippen LogP contribution in [0, 0.1) is 28.4 Å². The van der Waals surface area contributed by atoms with Gasteiger partial charge in [0.25, 0.3) is 11.6 Å². The van der Waals surface area contributed by atoms with Crippen LogP contribution < -0.4 is 0 Å². The lowest BCUT2D eigenvalue weighted by atomic mass is 10.1. The quantitative estimate of drug-likeness (QED) is 0.461. The molecular formula is C12H13N3O3. The van der Waals surface area contributed by atoms with Crippen LogP contribution in [0.15, 0.2) is 18.2 Å². The molecule has 1 amide bonds. The molecule has 0 aromatic heterocycles. The van der Waals surface area contributed by atoms with Crippen molar-refractivity contribution in [1.82, 2.24) is 4.90 Å². The summed E-state index contributed by atoms with van der Waals surface area (Å²) in [5.41, 5.74) is 0.363. The normalized spacial score (nSPS) is 9.61. The number of carbonyl (C=O) groups is 1. The van der Waals surface area contributed by atoms with E-state index < -0.39 is 10.8 Å². The number of nitro groups is 1. The summed E-state index contributed by atoms with van der Waals surface area (Å²) >= 11 is 0. The molecule has 1 aromatic rings. The minimum absolute atomic E-state index is 0.0552. The van der Waals surface area contributed by atoms with E-state index in [4.69, 9.17) is 5.26 Å². The molecule has 94 valence electrons. The van der Waals surface area contributed by atoms with Gasteiger partial charge in [0.05, 0.1) is 11.0 Å². The van der Waals surface area contributed by atoms with Gasteiger partial charge in [-0.25, -0.2) is 0 Å². The third-order valence-corrected chi connectivity index (χ3v) is 2.59. The third kappa shape index (κ3) is 2.63. The highest BCUT2D eigenvalue weighted by atomic mass is 16.6. The fourth-order valence-corrected chi connectivity index (χ4v) is 1.65. The number of benzene rings is 1. The van der Waals surface area contributed by atoms with Gasteiger partial charge in [-0.05, 0) is 19.4 Å². The molecule has 0 saturated carbocycles. The van der Waals surface area contributed by atoms with Crippen LogP contribution in [0.25, 0.3) is 0 Å². The molecule has 0 aliphatic carbocycles. The topological polar surface area (TPSA) is 87.2 Å². The van der Waals surface area contributed by atoms with Crippen LogP contribution in [0.5, 0.6) is 0 Å². The maximum Gasteiger partial charge on any atom is 0.282 e. The Morgan fingerprint density at radius 2 is 2.22 bits per heavy atom. The van der Waals surface area contributed by atoms with Crippen LogP contribution in [0.4, 0.5) is 5.69 Å². The highest BCUT2D eigenvalue weighted by molar-refractivity contribution is 5.99. The standard InChI is InChI=1S/C12H13N3O3/c1-3-14(8-7-13)12(16)11-9(2)5-4-6-10(11)15(17)18/h4-6H,3,8H2,1-2H3. The summed E-state index contributed by atoms with van der Waals surface area (Å²) in [6, 6.07) is 6.34. The van der Waals surface area contributed by atoms with Crippen molar-refractivity contribution in [2.75, 3.05) is 13.1 Å². The van der Waals surface area contributed by atoms with Crippen LogP contribution in [-0.2, 0) is 0 Å². The molecule has 6 heteroatoms. The molecule has 0 spiro atoms. The van der Waals surface area contributed by atoms with Crippen LogP contribution in [0.1, 0.15) is 22.8 Å². The van der Waals surface area contributed by atoms with E-state index >= 15 is 0 Å². The summed E-state index contributed by atoms with van der Waals surface area (Å²) in [7, 11) is 0. The number of rotatable bonds is 4. The average Bonchev–Trinajstić information content (AvgIpc) is 2.34. The van der Waals surface area contributed by atoms with Crippen LogP contribution in [0.2, 0.25) is 0 Å². The zero-order valence-electron chi connectivity index (χ0n) is 10.2. The number of carbonyl (C=O) groups excluding carboxylic acids is 1. The Labute approximate surface area is 105 Å².